The van der Waals surface area contributed by atoms with Crippen LogP contribution < -0.4 is 5.32 Å². The van der Waals surface area contributed by atoms with Gasteiger partial charge >= 0.3 is 0 Å². The van der Waals surface area contributed by atoms with Crippen molar-refractivity contribution in [2.45, 2.75) is 32.6 Å². The largest absolute Gasteiger partial charge is 0.363 e. The molecule has 1 aromatic rings. The Morgan fingerprint density at radius 3 is 2.94 bits per heavy atom. The quantitative estimate of drug-likeness (QED) is 0.913. The topological polar surface area (TPSA) is 58.1 Å². The fourth-order valence-corrected chi connectivity index (χ4v) is 2.99. The van der Waals surface area contributed by atoms with Gasteiger partial charge in [0.25, 0.3) is 5.91 Å². The average Bonchev–Trinajstić information content (AvgIpc) is 2.75. The van der Waals surface area contributed by atoms with E-state index in [1.54, 1.807) is 7.05 Å². The summed E-state index contributed by atoms with van der Waals surface area (Å²) in [6.07, 6.45) is 4.66. The second-order valence-electron chi connectivity index (χ2n) is 4.66. The van der Waals surface area contributed by atoms with Crippen molar-refractivity contribution in [1.82, 2.24) is 15.1 Å². The van der Waals surface area contributed by atoms with Crippen molar-refractivity contribution >= 4 is 22.4 Å². The van der Waals surface area contributed by atoms with Gasteiger partial charge in [0.15, 0.2) is 0 Å². The molecule has 1 unspecified atom stereocenters. The first-order valence-electron chi connectivity index (χ1n) is 6.55. The van der Waals surface area contributed by atoms with Gasteiger partial charge in [-0.1, -0.05) is 24.7 Å². The van der Waals surface area contributed by atoms with Gasteiger partial charge in [-0.2, -0.15) is 0 Å². The SMILES string of the molecule is CCC1CCCN(C(=O)c2nnc(NC)s2)CC1. The standard InChI is InChI=1S/C12H20N4OS/c1-3-9-5-4-7-16(8-6-9)11(17)10-14-15-12(13-2)18-10/h9H,3-8H2,1-2H3,(H,13,15). The Labute approximate surface area is 112 Å². The van der Waals surface area contributed by atoms with Crippen molar-refractivity contribution in [1.29, 1.82) is 0 Å². The van der Waals surface area contributed by atoms with Gasteiger partial charge in [0.05, 0.1) is 0 Å². The molecule has 6 heteroatoms. The highest BCUT2D eigenvalue weighted by atomic mass is 32.1. The van der Waals surface area contributed by atoms with E-state index < -0.39 is 0 Å². The number of anilines is 1. The zero-order valence-electron chi connectivity index (χ0n) is 11.0. The molecule has 1 fully saturated rings. The number of likely N-dealkylation sites (tertiary alicyclic amines) is 1. The van der Waals surface area contributed by atoms with E-state index in [-0.39, 0.29) is 5.91 Å². The van der Waals surface area contributed by atoms with E-state index in [1.165, 1.54) is 24.2 Å². The molecule has 18 heavy (non-hydrogen) atoms. The Morgan fingerprint density at radius 2 is 2.28 bits per heavy atom. The summed E-state index contributed by atoms with van der Waals surface area (Å²) < 4.78 is 0. The molecular formula is C12H20N4OS. The van der Waals surface area contributed by atoms with E-state index in [9.17, 15) is 4.79 Å². The third-order valence-corrected chi connectivity index (χ3v) is 4.46. The second kappa shape index (κ2) is 6.13. The van der Waals surface area contributed by atoms with Crippen LogP contribution in [0.4, 0.5) is 5.13 Å². The van der Waals surface area contributed by atoms with Crippen molar-refractivity contribution in [3.63, 3.8) is 0 Å². The maximum Gasteiger partial charge on any atom is 0.284 e. The summed E-state index contributed by atoms with van der Waals surface area (Å²) >= 11 is 1.32. The summed E-state index contributed by atoms with van der Waals surface area (Å²) in [7, 11) is 1.78. The summed E-state index contributed by atoms with van der Waals surface area (Å²) in [5, 5.41) is 12.0. The van der Waals surface area contributed by atoms with E-state index in [2.05, 4.69) is 22.4 Å². The monoisotopic (exact) mass is 268 g/mol. The molecule has 5 nitrogen and oxygen atoms in total. The summed E-state index contributed by atoms with van der Waals surface area (Å²) in [4.78, 5) is 14.2. The van der Waals surface area contributed by atoms with Crippen molar-refractivity contribution in [2.24, 2.45) is 5.92 Å². The van der Waals surface area contributed by atoms with Crippen LogP contribution in [-0.2, 0) is 0 Å². The van der Waals surface area contributed by atoms with Gasteiger partial charge in [-0.25, -0.2) is 0 Å². The number of amides is 1. The predicted molar refractivity (Wildman–Crippen MR) is 73.0 cm³/mol. The summed E-state index contributed by atoms with van der Waals surface area (Å²) in [5.41, 5.74) is 0. The molecule has 0 spiro atoms. The number of rotatable bonds is 3. The maximum absolute atomic E-state index is 12.3. The first-order chi connectivity index (χ1) is 8.74. The first kappa shape index (κ1) is 13.3. The number of nitrogens with one attached hydrogen (secondary N) is 1. The fourth-order valence-electron chi connectivity index (χ4n) is 2.32. The van der Waals surface area contributed by atoms with E-state index in [4.69, 9.17) is 0 Å². The predicted octanol–water partition coefficient (Wildman–Crippen LogP) is 2.23. The van der Waals surface area contributed by atoms with Crippen LogP contribution in [0.5, 0.6) is 0 Å². The van der Waals surface area contributed by atoms with Crippen molar-refractivity contribution in [3.8, 4) is 0 Å². The second-order valence-corrected chi connectivity index (χ2v) is 5.64. The lowest BCUT2D eigenvalue weighted by Crippen LogP contribution is -2.31. The minimum atomic E-state index is 0.0331. The summed E-state index contributed by atoms with van der Waals surface area (Å²) in [6.45, 7) is 3.93. The van der Waals surface area contributed by atoms with Crippen LogP contribution in [0, 0.1) is 5.92 Å². The number of hydrogen-bond donors (Lipinski definition) is 1. The zero-order chi connectivity index (χ0) is 13.0. The Balaban J connectivity index is 2.00. The van der Waals surface area contributed by atoms with Gasteiger partial charge in [-0.15, -0.1) is 10.2 Å². The molecule has 1 aliphatic heterocycles. The van der Waals surface area contributed by atoms with Crippen molar-refractivity contribution < 1.29 is 4.79 Å². The number of aromatic nitrogens is 2. The fraction of sp³-hybridized carbons (Fsp3) is 0.750. The molecular weight excluding hydrogens is 248 g/mol. The van der Waals surface area contributed by atoms with E-state index in [0.29, 0.717) is 10.1 Å². The molecule has 1 atom stereocenters. The van der Waals surface area contributed by atoms with Gasteiger partial charge in [-0.3, -0.25) is 4.79 Å². The van der Waals surface area contributed by atoms with Crippen molar-refractivity contribution in [2.75, 3.05) is 25.5 Å². The van der Waals surface area contributed by atoms with Gasteiger partial charge < -0.3 is 10.2 Å². The molecule has 100 valence electrons. The smallest absolute Gasteiger partial charge is 0.284 e. The highest BCUT2D eigenvalue weighted by molar-refractivity contribution is 7.17. The van der Waals surface area contributed by atoms with Crippen LogP contribution in [-0.4, -0.2) is 41.1 Å². The number of hydrogen-bond acceptors (Lipinski definition) is 5. The molecule has 2 heterocycles. The van der Waals surface area contributed by atoms with Crippen LogP contribution in [0.2, 0.25) is 0 Å². The minimum absolute atomic E-state index is 0.0331. The lowest BCUT2D eigenvalue weighted by atomic mass is 9.98. The maximum atomic E-state index is 12.3. The normalized spacial score (nSPS) is 20.6. The number of nitrogens with zero attached hydrogens (tertiary/aromatic N) is 3. The number of carbonyl (C=O) groups excluding carboxylic acids is 1. The van der Waals surface area contributed by atoms with Crippen molar-refractivity contribution in [3.05, 3.63) is 5.01 Å². The summed E-state index contributed by atoms with van der Waals surface area (Å²) in [5.74, 6) is 0.802. The minimum Gasteiger partial charge on any atom is -0.363 e. The molecule has 0 bridgehead atoms. The molecule has 0 saturated carbocycles. The number of carbonyl (C=O) groups is 1. The Kier molecular flexibility index (Phi) is 4.52. The van der Waals surface area contributed by atoms with Crippen LogP contribution in [0.15, 0.2) is 0 Å². The molecule has 1 amide bonds. The lowest BCUT2D eigenvalue weighted by molar-refractivity contribution is 0.0758. The van der Waals surface area contributed by atoms with Gasteiger partial charge in [0.2, 0.25) is 10.1 Å². The van der Waals surface area contributed by atoms with Gasteiger partial charge in [-0.05, 0) is 25.2 Å². The average molecular weight is 268 g/mol. The molecule has 1 aliphatic rings. The Bertz CT molecular complexity index is 407. The summed E-state index contributed by atoms with van der Waals surface area (Å²) in [6, 6.07) is 0. The highest BCUT2D eigenvalue weighted by Gasteiger charge is 2.23. The van der Waals surface area contributed by atoms with Gasteiger partial charge in [0, 0.05) is 20.1 Å². The van der Waals surface area contributed by atoms with E-state index >= 15 is 0 Å². The Morgan fingerprint density at radius 1 is 1.44 bits per heavy atom. The molecule has 1 N–H and O–H groups in total. The molecule has 0 aliphatic carbocycles. The highest BCUT2D eigenvalue weighted by Crippen LogP contribution is 2.22. The Hall–Kier alpha value is -1.17. The molecule has 2 rings (SSSR count). The first-order valence-corrected chi connectivity index (χ1v) is 7.36. The molecule has 1 aromatic heterocycles. The van der Waals surface area contributed by atoms with E-state index in [1.807, 2.05) is 4.90 Å². The third kappa shape index (κ3) is 2.98. The van der Waals surface area contributed by atoms with Crippen LogP contribution in [0.25, 0.3) is 0 Å². The van der Waals surface area contributed by atoms with E-state index in [0.717, 1.165) is 31.8 Å². The molecule has 0 aromatic carbocycles. The molecule has 1 saturated heterocycles. The third-order valence-electron chi connectivity index (χ3n) is 3.53. The van der Waals surface area contributed by atoms with Gasteiger partial charge in [0.1, 0.15) is 0 Å². The molecule has 0 radical (unpaired) electrons. The van der Waals surface area contributed by atoms with Crippen LogP contribution >= 0.6 is 11.3 Å². The lowest BCUT2D eigenvalue weighted by Gasteiger charge is -2.18. The zero-order valence-corrected chi connectivity index (χ0v) is 11.8. The van der Waals surface area contributed by atoms with Crippen LogP contribution in [0.1, 0.15) is 42.4 Å². The van der Waals surface area contributed by atoms with Crippen LogP contribution in [0.3, 0.4) is 0 Å².